The summed E-state index contributed by atoms with van der Waals surface area (Å²) in [6.07, 6.45) is 0.752. The van der Waals surface area contributed by atoms with Gasteiger partial charge in [0.05, 0.1) is 5.69 Å². The van der Waals surface area contributed by atoms with Gasteiger partial charge in [-0.3, -0.25) is 9.78 Å². The van der Waals surface area contributed by atoms with Gasteiger partial charge in [0.2, 0.25) is 0 Å². The highest BCUT2D eigenvalue weighted by molar-refractivity contribution is 7.21. The second-order valence-electron chi connectivity index (χ2n) is 3.84. The molecule has 2 radical (unpaired) electrons. The van der Waals surface area contributed by atoms with Gasteiger partial charge in [-0.2, -0.15) is 0 Å². The fourth-order valence-corrected chi connectivity index (χ4v) is 2.24. The van der Waals surface area contributed by atoms with Crippen LogP contribution in [0.3, 0.4) is 0 Å². The lowest BCUT2D eigenvalue weighted by Crippen LogP contribution is -2.48. The van der Waals surface area contributed by atoms with Gasteiger partial charge in [0.15, 0.2) is 7.85 Å². The highest BCUT2D eigenvalue weighted by atomic mass is 32.1. The van der Waals surface area contributed by atoms with Crippen LogP contribution in [0.15, 0.2) is 0 Å². The first kappa shape index (κ1) is 8.75. The molecule has 1 aliphatic heterocycles. The van der Waals surface area contributed by atoms with Crippen LogP contribution < -0.4 is 10.2 Å². The smallest absolute Gasteiger partial charge is 0.263 e. The molecule has 1 aliphatic rings. The van der Waals surface area contributed by atoms with Crippen LogP contribution in [-0.4, -0.2) is 24.3 Å². The normalized spacial score (nSPS) is 19.4. The summed E-state index contributed by atoms with van der Waals surface area (Å²) in [5.41, 5.74) is 0.626. The summed E-state index contributed by atoms with van der Waals surface area (Å²) in [6, 6.07) is 0. The molecule has 0 fully saturated rings. The van der Waals surface area contributed by atoms with E-state index in [1.165, 1.54) is 11.3 Å². The highest BCUT2D eigenvalue weighted by Crippen LogP contribution is 2.23. The third-order valence-corrected chi connectivity index (χ3v) is 2.91. The van der Waals surface area contributed by atoms with Gasteiger partial charge >= 0.3 is 0 Å². The molecular formula is C8H9BN2OS. The largest absolute Gasteiger partial charge is 0.346 e. The first-order chi connectivity index (χ1) is 5.98. The summed E-state index contributed by atoms with van der Waals surface area (Å²) >= 11 is 1.25. The molecule has 0 atom stereocenters. The lowest BCUT2D eigenvalue weighted by Gasteiger charge is -2.29. The standard InChI is InChI=1S/C8H9BN2OS/c1-8(2)3-4-5(6(12)11-8)13-7(9)10-4/h3H2,1-2H3,(H,11,12). The van der Waals surface area contributed by atoms with E-state index in [-0.39, 0.29) is 11.4 Å². The average molecular weight is 192 g/mol. The third-order valence-electron chi connectivity index (χ3n) is 1.98. The molecule has 0 aliphatic carbocycles. The Labute approximate surface area is 82.0 Å². The van der Waals surface area contributed by atoms with Crippen LogP contribution in [0.4, 0.5) is 0 Å². The minimum Gasteiger partial charge on any atom is -0.346 e. The van der Waals surface area contributed by atoms with Crippen LogP contribution >= 0.6 is 11.3 Å². The number of rotatable bonds is 0. The van der Waals surface area contributed by atoms with Crippen LogP contribution in [0.25, 0.3) is 0 Å². The maximum absolute atomic E-state index is 11.5. The summed E-state index contributed by atoms with van der Waals surface area (Å²) in [7, 11) is 5.54. The summed E-state index contributed by atoms with van der Waals surface area (Å²) in [5.74, 6) is -0.0551. The van der Waals surface area contributed by atoms with Gasteiger partial charge in [-0.05, 0) is 13.8 Å². The third kappa shape index (κ3) is 1.48. The van der Waals surface area contributed by atoms with Crippen molar-refractivity contribution < 1.29 is 4.79 Å². The molecule has 1 aromatic heterocycles. The number of hydrogen-bond acceptors (Lipinski definition) is 3. The summed E-state index contributed by atoms with van der Waals surface area (Å²) in [4.78, 5) is 16.8. The molecule has 0 aromatic carbocycles. The number of hydrogen-bond donors (Lipinski definition) is 1. The summed E-state index contributed by atoms with van der Waals surface area (Å²) in [6.45, 7) is 3.95. The van der Waals surface area contributed by atoms with Gasteiger partial charge in [-0.15, -0.1) is 11.3 Å². The molecule has 3 nitrogen and oxygen atoms in total. The molecule has 0 saturated heterocycles. The minimum absolute atomic E-state index is 0.0551. The average Bonchev–Trinajstić information content (AvgIpc) is 2.27. The van der Waals surface area contributed by atoms with Crippen LogP contribution in [0.2, 0.25) is 0 Å². The van der Waals surface area contributed by atoms with Crippen molar-refractivity contribution in [3.05, 3.63) is 10.6 Å². The quantitative estimate of drug-likeness (QED) is 0.588. The van der Waals surface area contributed by atoms with Crippen molar-refractivity contribution in [2.45, 2.75) is 25.8 Å². The van der Waals surface area contributed by atoms with Gasteiger partial charge in [-0.25, -0.2) is 0 Å². The molecule has 0 unspecified atom stereocenters. The molecule has 0 saturated carbocycles. The first-order valence-electron chi connectivity index (χ1n) is 4.06. The molecular weight excluding hydrogens is 183 g/mol. The van der Waals surface area contributed by atoms with Gasteiger partial charge in [0.25, 0.3) is 5.91 Å². The molecule has 66 valence electrons. The second-order valence-corrected chi connectivity index (χ2v) is 4.87. The van der Waals surface area contributed by atoms with Crippen molar-refractivity contribution in [2.75, 3.05) is 0 Å². The lowest BCUT2D eigenvalue weighted by molar-refractivity contribution is 0.0901. The van der Waals surface area contributed by atoms with Crippen molar-refractivity contribution in [3.8, 4) is 0 Å². The minimum atomic E-state index is -0.204. The first-order valence-corrected chi connectivity index (χ1v) is 4.87. The van der Waals surface area contributed by atoms with Crippen LogP contribution in [0, 0.1) is 0 Å². The summed E-state index contributed by atoms with van der Waals surface area (Å²) in [5, 5.41) is 2.90. The number of aromatic nitrogens is 1. The van der Waals surface area contributed by atoms with E-state index in [0.29, 0.717) is 9.78 Å². The van der Waals surface area contributed by atoms with Crippen molar-refractivity contribution in [1.82, 2.24) is 10.3 Å². The fourth-order valence-electron chi connectivity index (χ4n) is 1.49. The van der Waals surface area contributed by atoms with E-state index in [9.17, 15) is 4.79 Å². The van der Waals surface area contributed by atoms with E-state index in [2.05, 4.69) is 10.3 Å². The van der Waals surface area contributed by atoms with Crippen LogP contribution in [0.5, 0.6) is 0 Å². The topological polar surface area (TPSA) is 42.0 Å². The summed E-state index contributed by atoms with van der Waals surface area (Å²) < 4.78 is 0. The molecule has 1 N–H and O–H groups in total. The number of amides is 1. The second kappa shape index (κ2) is 2.58. The van der Waals surface area contributed by atoms with E-state index in [0.717, 1.165) is 12.1 Å². The fraction of sp³-hybridized carbons (Fsp3) is 0.500. The lowest BCUT2D eigenvalue weighted by atomic mass is 9.94. The van der Waals surface area contributed by atoms with Crippen LogP contribution in [0.1, 0.15) is 29.2 Å². The van der Waals surface area contributed by atoms with E-state index in [1.54, 1.807) is 0 Å². The Bertz CT molecular complexity index is 372. The van der Waals surface area contributed by atoms with Crippen molar-refractivity contribution in [1.29, 1.82) is 0 Å². The maximum Gasteiger partial charge on any atom is 0.263 e. The Morgan fingerprint density at radius 1 is 1.62 bits per heavy atom. The molecule has 13 heavy (non-hydrogen) atoms. The SMILES string of the molecule is [B]c1nc2c(s1)C(=O)NC(C)(C)C2. The number of fused-ring (bicyclic) bond motifs is 1. The van der Waals surface area contributed by atoms with Crippen molar-refractivity contribution in [2.24, 2.45) is 0 Å². The monoisotopic (exact) mass is 192 g/mol. The molecule has 2 heterocycles. The molecule has 1 amide bonds. The van der Waals surface area contributed by atoms with Crippen molar-refractivity contribution in [3.63, 3.8) is 0 Å². The maximum atomic E-state index is 11.5. The number of thiazole rings is 1. The predicted octanol–water partition coefficient (Wildman–Crippen LogP) is 0.00140. The van der Waals surface area contributed by atoms with Gasteiger partial charge in [-0.1, -0.05) is 0 Å². The van der Waals surface area contributed by atoms with Gasteiger partial charge < -0.3 is 5.32 Å². The molecule has 0 bridgehead atoms. The van der Waals surface area contributed by atoms with E-state index < -0.39 is 0 Å². The number of nitrogens with zero attached hydrogens (tertiary/aromatic N) is 1. The Hall–Kier alpha value is -0.835. The highest BCUT2D eigenvalue weighted by Gasteiger charge is 2.32. The Balaban J connectivity index is 2.48. The Morgan fingerprint density at radius 3 is 3.00 bits per heavy atom. The van der Waals surface area contributed by atoms with Gasteiger partial charge in [0, 0.05) is 16.9 Å². The Morgan fingerprint density at radius 2 is 2.31 bits per heavy atom. The van der Waals surface area contributed by atoms with Crippen molar-refractivity contribution >= 4 is 30.0 Å². The molecule has 5 heteroatoms. The van der Waals surface area contributed by atoms with E-state index in [1.807, 2.05) is 13.8 Å². The molecule has 2 rings (SSSR count). The van der Waals surface area contributed by atoms with E-state index >= 15 is 0 Å². The zero-order valence-corrected chi connectivity index (χ0v) is 8.36. The zero-order chi connectivity index (χ0) is 9.64. The van der Waals surface area contributed by atoms with Crippen LogP contribution in [-0.2, 0) is 6.42 Å². The van der Waals surface area contributed by atoms with E-state index in [4.69, 9.17) is 7.85 Å². The molecule has 1 aromatic rings. The predicted molar refractivity (Wildman–Crippen MR) is 52.8 cm³/mol. The number of carbonyl (C=O) groups excluding carboxylic acids is 1. The Kier molecular flexibility index (Phi) is 1.73. The number of carbonyl (C=O) groups is 1. The molecule has 0 spiro atoms. The number of nitrogens with one attached hydrogen (secondary N) is 1. The van der Waals surface area contributed by atoms with Gasteiger partial charge in [0.1, 0.15) is 4.88 Å². The zero-order valence-electron chi connectivity index (χ0n) is 7.55.